The Labute approximate surface area is 103 Å². The van der Waals surface area contributed by atoms with Crippen molar-refractivity contribution >= 4 is 0 Å². The number of aryl methyl sites for hydroxylation is 2. The molecule has 1 aromatic rings. The number of likely N-dealkylation sites (tertiary alicyclic amines) is 1. The van der Waals surface area contributed by atoms with Crippen molar-refractivity contribution in [2.75, 3.05) is 27.2 Å². The Balaban J connectivity index is 2.51. The number of β-amino-alcohol motifs (C(OH)–C–C–N with tert-alkyl or cyclic N) is 1. The number of nitrogens with zero attached hydrogens (tertiary/aromatic N) is 1. The van der Waals surface area contributed by atoms with Crippen molar-refractivity contribution in [1.82, 2.24) is 4.90 Å². The van der Waals surface area contributed by atoms with Crippen LogP contribution in [0.3, 0.4) is 0 Å². The van der Waals surface area contributed by atoms with Crippen LogP contribution in [0.25, 0.3) is 0 Å². The molecular formula is C14H21NO2. The van der Waals surface area contributed by atoms with Crippen LogP contribution >= 0.6 is 0 Å². The minimum absolute atomic E-state index is 0.674. The second kappa shape index (κ2) is 4.31. The van der Waals surface area contributed by atoms with Gasteiger partial charge in [-0.05, 0) is 44.5 Å². The van der Waals surface area contributed by atoms with Crippen LogP contribution in [0.5, 0.6) is 5.75 Å². The summed E-state index contributed by atoms with van der Waals surface area (Å²) < 4.78 is 5.44. The van der Waals surface area contributed by atoms with Gasteiger partial charge in [-0.25, -0.2) is 0 Å². The van der Waals surface area contributed by atoms with Crippen molar-refractivity contribution in [3.05, 3.63) is 28.8 Å². The van der Waals surface area contributed by atoms with E-state index in [9.17, 15) is 5.11 Å². The Hall–Kier alpha value is -1.06. The predicted molar refractivity (Wildman–Crippen MR) is 68.5 cm³/mol. The van der Waals surface area contributed by atoms with Gasteiger partial charge in [0.2, 0.25) is 0 Å². The average molecular weight is 235 g/mol. The van der Waals surface area contributed by atoms with Crippen molar-refractivity contribution in [1.29, 1.82) is 0 Å². The SMILES string of the molecule is COc1cc(C)cc(C)c1C1(O)CCN(C)C1. The average Bonchev–Trinajstić information content (AvgIpc) is 2.57. The van der Waals surface area contributed by atoms with Crippen LogP contribution in [0.1, 0.15) is 23.1 Å². The van der Waals surface area contributed by atoms with Crippen molar-refractivity contribution < 1.29 is 9.84 Å². The van der Waals surface area contributed by atoms with Crippen LogP contribution in [0, 0.1) is 13.8 Å². The van der Waals surface area contributed by atoms with Crippen molar-refractivity contribution in [3.8, 4) is 5.75 Å². The molecule has 0 amide bonds. The number of hydrogen-bond donors (Lipinski definition) is 1. The fraction of sp³-hybridized carbons (Fsp3) is 0.571. The number of hydrogen-bond acceptors (Lipinski definition) is 3. The van der Waals surface area contributed by atoms with Gasteiger partial charge in [0.25, 0.3) is 0 Å². The standard InChI is InChI=1S/C14H21NO2/c1-10-7-11(2)13(12(8-10)17-4)14(16)5-6-15(3)9-14/h7-8,16H,5-6,9H2,1-4H3. The summed E-state index contributed by atoms with van der Waals surface area (Å²) in [6.07, 6.45) is 0.768. The molecule has 1 aliphatic heterocycles. The lowest BCUT2D eigenvalue weighted by atomic mass is 9.87. The lowest BCUT2D eigenvalue weighted by Crippen LogP contribution is -2.30. The normalized spacial score (nSPS) is 25.2. The molecule has 1 aromatic carbocycles. The van der Waals surface area contributed by atoms with Crippen LogP contribution in [0.15, 0.2) is 12.1 Å². The van der Waals surface area contributed by atoms with Gasteiger partial charge in [0.1, 0.15) is 11.4 Å². The predicted octanol–water partition coefficient (Wildman–Crippen LogP) is 1.84. The molecule has 0 aliphatic carbocycles. The first-order valence-corrected chi connectivity index (χ1v) is 6.03. The molecule has 1 atom stereocenters. The second-order valence-electron chi connectivity index (χ2n) is 5.18. The second-order valence-corrected chi connectivity index (χ2v) is 5.18. The van der Waals surface area contributed by atoms with E-state index < -0.39 is 5.60 Å². The first kappa shape index (κ1) is 12.4. The third-order valence-corrected chi connectivity index (χ3v) is 3.57. The number of aliphatic hydroxyl groups is 1. The molecule has 0 saturated carbocycles. The Morgan fingerprint density at radius 2 is 2.06 bits per heavy atom. The van der Waals surface area contributed by atoms with Gasteiger partial charge in [-0.15, -0.1) is 0 Å². The molecule has 0 bridgehead atoms. The summed E-state index contributed by atoms with van der Waals surface area (Å²) >= 11 is 0. The zero-order valence-electron chi connectivity index (χ0n) is 11.1. The summed E-state index contributed by atoms with van der Waals surface area (Å²) in [7, 11) is 3.70. The lowest BCUT2D eigenvalue weighted by molar-refractivity contribution is 0.0457. The molecule has 2 rings (SSSR count). The van der Waals surface area contributed by atoms with Gasteiger partial charge in [0, 0.05) is 18.7 Å². The van der Waals surface area contributed by atoms with E-state index in [4.69, 9.17) is 4.74 Å². The molecule has 0 aromatic heterocycles. The summed E-state index contributed by atoms with van der Waals surface area (Å²) in [6.45, 7) is 5.69. The third-order valence-electron chi connectivity index (χ3n) is 3.57. The highest BCUT2D eigenvalue weighted by Gasteiger charge is 2.39. The molecular weight excluding hydrogens is 214 g/mol. The molecule has 3 heteroatoms. The first-order chi connectivity index (χ1) is 7.96. The highest BCUT2D eigenvalue weighted by Crippen LogP contribution is 2.39. The highest BCUT2D eigenvalue weighted by atomic mass is 16.5. The largest absolute Gasteiger partial charge is 0.496 e. The first-order valence-electron chi connectivity index (χ1n) is 6.03. The van der Waals surface area contributed by atoms with E-state index in [-0.39, 0.29) is 0 Å². The molecule has 94 valence electrons. The van der Waals surface area contributed by atoms with E-state index in [0.29, 0.717) is 6.54 Å². The van der Waals surface area contributed by atoms with Gasteiger partial charge in [-0.2, -0.15) is 0 Å². The zero-order chi connectivity index (χ0) is 12.6. The summed E-state index contributed by atoms with van der Waals surface area (Å²) in [4.78, 5) is 2.15. The molecule has 1 N–H and O–H groups in total. The highest BCUT2D eigenvalue weighted by molar-refractivity contribution is 5.47. The summed E-state index contributed by atoms with van der Waals surface area (Å²) in [5.41, 5.74) is 2.46. The van der Waals surface area contributed by atoms with Gasteiger partial charge < -0.3 is 14.7 Å². The smallest absolute Gasteiger partial charge is 0.125 e. The van der Waals surface area contributed by atoms with E-state index in [0.717, 1.165) is 35.4 Å². The molecule has 1 saturated heterocycles. The minimum Gasteiger partial charge on any atom is -0.496 e. The van der Waals surface area contributed by atoms with E-state index in [2.05, 4.69) is 11.0 Å². The van der Waals surface area contributed by atoms with Crippen LogP contribution in [0.2, 0.25) is 0 Å². The summed E-state index contributed by atoms with van der Waals surface area (Å²) in [5.74, 6) is 0.806. The maximum Gasteiger partial charge on any atom is 0.125 e. The monoisotopic (exact) mass is 235 g/mol. The molecule has 1 aliphatic rings. The number of benzene rings is 1. The van der Waals surface area contributed by atoms with Crippen LogP contribution in [-0.2, 0) is 5.60 Å². The third kappa shape index (κ3) is 2.17. The van der Waals surface area contributed by atoms with Gasteiger partial charge in [-0.1, -0.05) is 6.07 Å². The maximum atomic E-state index is 10.8. The molecule has 1 unspecified atom stereocenters. The van der Waals surface area contributed by atoms with Crippen molar-refractivity contribution in [2.24, 2.45) is 0 Å². The van der Waals surface area contributed by atoms with Gasteiger partial charge in [0.05, 0.1) is 7.11 Å². The molecule has 0 radical (unpaired) electrons. The lowest BCUT2D eigenvalue weighted by Gasteiger charge is -2.27. The Morgan fingerprint density at radius 3 is 2.59 bits per heavy atom. The van der Waals surface area contributed by atoms with E-state index in [1.807, 2.05) is 27.0 Å². The van der Waals surface area contributed by atoms with Gasteiger partial charge in [-0.3, -0.25) is 0 Å². The van der Waals surface area contributed by atoms with E-state index in [1.54, 1.807) is 7.11 Å². The fourth-order valence-electron chi connectivity index (χ4n) is 2.87. The molecule has 1 fully saturated rings. The Kier molecular flexibility index (Phi) is 3.15. The number of methoxy groups -OCH3 is 1. The summed E-state index contributed by atoms with van der Waals surface area (Å²) in [5, 5.41) is 10.8. The Bertz CT molecular complexity index is 430. The number of rotatable bonds is 2. The molecule has 3 nitrogen and oxygen atoms in total. The van der Waals surface area contributed by atoms with Crippen molar-refractivity contribution in [2.45, 2.75) is 25.9 Å². The topological polar surface area (TPSA) is 32.7 Å². The number of likely N-dealkylation sites (N-methyl/N-ethyl adjacent to an activating group) is 1. The maximum absolute atomic E-state index is 10.8. The van der Waals surface area contributed by atoms with Crippen molar-refractivity contribution in [3.63, 3.8) is 0 Å². The molecule has 1 heterocycles. The molecule has 17 heavy (non-hydrogen) atoms. The fourth-order valence-corrected chi connectivity index (χ4v) is 2.87. The molecule has 0 spiro atoms. The zero-order valence-corrected chi connectivity index (χ0v) is 11.1. The van der Waals surface area contributed by atoms with Crippen LogP contribution in [-0.4, -0.2) is 37.3 Å². The van der Waals surface area contributed by atoms with Crippen LogP contribution < -0.4 is 4.74 Å². The minimum atomic E-state index is -0.766. The van der Waals surface area contributed by atoms with Gasteiger partial charge >= 0.3 is 0 Å². The van der Waals surface area contributed by atoms with Crippen LogP contribution in [0.4, 0.5) is 0 Å². The Morgan fingerprint density at radius 1 is 1.35 bits per heavy atom. The summed E-state index contributed by atoms with van der Waals surface area (Å²) in [6, 6.07) is 4.10. The van der Waals surface area contributed by atoms with E-state index >= 15 is 0 Å². The van der Waals surface area contributed by atoms with E-state index in [1.165, 1.54) is 0 Å². The number of ether oxygens (including phenoxy) is 1. The van der Waals surface area contributed by atoms with Gasteiger partial charge in [0.15, 0.2) is 0 Å². The quantitative estimate of drug-likeness (QED) is 0.849.